The van der Waals surface area contributed by atoms with E-state index in [9.17, 15) is 8.78 Å². The lowest BCUT2D eigenvalue weighted by molar-refractivity contribution is 0.277. The second-order valence-electron chi connectivity index (χ2n) is 5.62. The van der Waals surface area contributed by atoms with Crippen molar-refractivity contribution in [2.75, 3.05) is 0 Å². The molecule has 0 heterocycles. The van der Waals surface area contributed by atoms with E-state index in [1.165, 1.54) is 50.7 Å². The van der Waals surface area contributed by atoms with Gasteiger partial charge in [0.1, 0.15) is 11.6 Å². The minimum Gasteiger partial charge on any atom is -0.310 e. The maximum atomic E-state index is 13.5. The SMILES string of the molecule is CCCC1CCC(NCc2ccc(F)cc2F)CC1. The lowest BCUT2D eigenvalue weighted by atomic mass is 9.83. The molecule has 1 aliphatic carbocycles. The van der Waals surface area contributed by atoms with Crippen molar-refractivity contribution < 1.29 is 8.78 Å². The summed E-state index contributed by atoms with van der Waals surface area (Å²) < 4.78 is 26.3. The van der Waals surface area contributed by atoms with E-state index in [0.29, 0.717) is 18.2 Å². The quantitative estimate of drug-likeness (QED) is 0.833. The van der Waals surface area contributed by atoms with Gasteiger partial charge in [-0.2, -0.15) is 0 Å². The van der Waals surface area contributed by atoms with Crippen molar-refractivity contribution in [1.29, 1.82) is 0 Å². The van der Waals surface area contributed by atoms with E-state index in [2.05, 4.69) is 12.2 Å². The zero-order valence-corrected chi connectivity index (χ0v) is 11.6. The molecule has 1 aliphatic rings. The van der Waals surface area contributed by atoms with E-state index < -0.39 is 11.6 Å². The van der Waals surface area contributed by atoms with Gasteiger partial charge in [0.05, 0.1) is 0 Å². The van der Waals surface area contributed by atoms with Gasteiger partial charge < -0.3 is 5.32 Å². The fraction of sp³-hybridized carbons (Fsp3) is 0.625. The summed E-state index contributed by atoms with van der Waals surface area (Å²) in [7, 11) is 0. The number of benzene rings is 1. The number of hydrogen-bond acceptors (Lipinski definition) is 1. The standard InChI is InChI=1S/C16H23F2N/c1-2-3-12-4-8-15(9-5-12)19-11-13-6-7-14(17)10-16(13)18/h6-7,10,12,15,19H,2-5,8-9,11H2,1H3. The van der Waals surface area contributed by atoms with Gasteiger partial charge in [0.2, 0.25) is 0 Å². The Balaban J connectivity index is 1.77. The van der Waals surface area contributed by atoms with Crippen LogP contribution in [-0.2, 0) is 6.54 Å². The second kappa shape index (κ2) is 6.99. The summed E-state index contributed by atoms with van der Waals surface area (Å²) in [6.07, 6.45) is 7.50. The van der Waals surface area contributed by atoms with E-state index >= 15 is 0 Å². The summed E-state index contributed by atoms with van der Waals surface area (Å²) in [5, 5.41) is 3.40. The monoisotopic (exact) mass is 267 g/mol. The molecule has 0 aliphatic heterocycles. The van der Waals surface area contributed by atoms with E-state index in [1.54, 1.807) is 0 Å². The van der Waals surface area contributed by atoms with Crippen LogP contribution in [-0.4, -0.2) is 6.04 Å². The number of rotatable bonds is 5. The van der Waals surface area contributed by atoms with Crippen molar-refractivity contribution in [3.05, 3.63) is 35.4 Å². The Bertz CT molecular complexity index is 398. The summed E-state index contributed by atoms with van der Waals surface area (Å²) in [5.41, 5.74) is 0.553. The average Bonchev–Trinajstić information content (AvgIpc) is 2.40. The molecule has 0 radical (unpaired) electrons. The van der Waals surface area contributed by atoms with Crippen molar-refractivity contribution in [1.82, 2.24) is 5.32 Å². The Labute approximate surface area is 114 Å². The third-order valence-electron chi connectivity index (χ3n) is 4.14. The average molecular weight is 267 g/mol. The number of hydrogen-bond donors (Lipinski definition) is 1. The molecule has 0 amide bonds. The van der Waals surface area contributed by atoms with Gasteiger partial charge in [-0.1, -0.05) is 25.8 Å². The van der Waals surface area contributed by atoms with E-state index in [1.807, 2.05) is 0 Å². The highest BCUT2D eigenvalue weighted by Gasteiger charge is 2.20. The fourth-order valence-electron chi connectivity index (χ4n) is 2.98. The first-order chi connectivity index (χ1) is 9.19. The number of nitrogens with one attached hydrogen (secondary N) is 1. The third kappa shape index (κ3) is 4.27. The molecule has 19 heavy (non-hydrogen) atoms. The predicted octanol–water partition coefficient (Wildman–Crippen LogP) is 4.41. The molecule has 1 nitrogen and oxygen atoms in total. The van der Waals surface area contributed by atoms with Crippen LogP contribution < -0.4 is 5.32 Å². The first-order valence-electron chi connectivity index (χ1n) is 7.36. The van der Waals surface area contributed by atoms with Crippen LogP contribution in [0, 0.1) is 17.6 Å². The van der Waals surface area contributed by atoms with Crippen LogP contribution >= 0.6 is 0 Å². The summed E-state index contributed by atoms with van der Waals surface area (Å²) in [4.78, 5) is 0. The van der Waals surface area contributed by atoms with Crippen LogP contribution in [0.1, 0.15) is 51.0 Å². The van der Waals surface area contributed by atoms with E-state index in [0.717, 1.165) is 12.0 Å². The van der Waals surface area contributed by atoms with Crippen molar-refractivity contribution in [3.8, 4) is 0 Å². The van der Waals surface area contributed by atoms with Gasteiger partial charge in [0.25, 0.3) is 0 Å². The predicted molar refractivity (Wildman–Crippen MR) is 73.9 cm³/mol. The number of halogens is 2. The normalized spacial score (nSPS) is 23.5. The van der Waals surface area contributed by atoms with Crippen molar-refractivity contribution in [2.24, 2.45) is 5.92 Å². The van der Waals surface area contributed by atoms with Crippen molar-refractivity contribution in [2.45, 2.75) is 58.0 Å². The van der Waals surface area contributed by atoms with Crippen LogP contribution in [0.15, 0.2) is 18.2 Å². The first-order valence-corrected chi connectivity index (χ1v) is 7.36. The molecule has 1 fully saturated rings. The van der Waals surface area contributed by atoms with Crippen molar-refractivity contribution in [3.63, 3.8) is 0 Å². The minimum absolute atomic E-state index is 0.452. The Kier molecular flexibility index (Phi) is 5.32. The molecule has 1 saturated carbocycles. The van der Waals surface area contributed by atoms with Crippen LogP contribution in [0.2, 0.25) is 0 Å². The molecular formula is C16H23F2N. The van der Waals surface area contributed by atoms with Gasteiger partial charge in [-0.3, -0.25) is 0 Å². The van der Waals surface area contributed by atoms with Crippen molar-refractivity contribution >= 4 is 0 Å². The fourth-order valence-corrected chi connectivity index (χ4v) is 2.98. The summed E-state index contributed by atoms with van der Waals surface area (Å²) in [5.74, 6) is -0.0842. The Morgan fingerprint density at radius 3 is 2.53 bits per heavy atom. The lowest BCUT2D eigenvalue weighted by Gasteiger charge is -2.29. The summed E-state index contributed by atoms with van der Waals surface area (Å²) >= 11 is 0. The Hall–Kier alpha value is -0.960. The Morgan fingerprint density at radius 2 is 1.89 bits per heavy atom. The highest BCUT2D eigenvalue weighted by atomic mass is 19.1. The highest BCUT2D eigenvalue weighted by Crippen LogP contribution is 2.27. The van der Waals surface area contributed by atoms with Gasteiger partial charge in [-0.15, -0.1) is 0 Å². The topological polar surface area (TPSA) is 12.0 Å². The summed E-state index contributed by atoms with van der Waals surface area (Å²) in [6.45, 7) is 2.73. The maximum Gasteiger partial charge on any atom is 0.130 e. The van der Waals surface area contributed by atoms with E-state index in [-0.39, 0.29) is 0 Å². The van der Waals surface area contributed by atoms with Crippen LogP contribution in [0.3, 0.4) is 0 Å². The van der Waals surface area contributed by atoms with Gasteiger partial charge >= 0.3 is 0 Å². The molecule has 1 aromatic carbocycles. The molecule has 2 rings (SSSR count). The van der Waals surface area contributed by atoms with Crippen LogP contribution in [0.4, 0.5) is 8.78 Å². The molecular weight excluding hydrogens is 244 g/mol. The maximum absolute atomic E-state index is 13.5. The molecule has 1 aromatic rings. The second-order valence-corrected chi connectivity index (χ2v) is 5.62. The smallest absolute Gasteiger partial charge is 0.130 e. The first kappa shape index (κ1) is 14.4. The molecule has 0 atom stereocenters. The van der Waals surface area contributed by atoms with Crippen LogP contribution in [0.5, 0.6) is 0 Å². The van der Waals surface area contributed by atoms with Crippen LogP contribution in [0.25, 0.3) is 0 Å². The third-order valence-corrected chi connectivity index (χ3v) is 4.14. The molecule has 0 aromatic heterocycles. The molecule has 1 N–H and O–H groups in total. The highest BCUT2D eigenvalue weighted by molar-refractivity contribution is 5.18. The molecule has 3 heteroatoms. The molecule has 106 valence electrons. The minimum atomic E-state index is -0.513. The van der Waals surface area contributed by atoms with Gasteiger partial charge in [-0.05, 0) is 37.7 Å². The molecule has 0 unspecified atom stereocenters. The van der Waals surface area contributed by atoms with E-state index in [4.69, 9.17) is 0 Å². The van der Waals surface area contributed by atoms with Gasteiger partial charge in [0, 0.05) is 24.2 Å². The largest absolute Gasteiger partial charge is 0.310 e. The zero-order valence-electron chi connectivity index (χ0n) is 11.6. The molecule has 0 saturated heterocycles. The zero-order chi connectivity index (χ0) is 13.7. The van der Waals surface area contributed by atoms with Gasteiger partial charge in [0.15, 0.2) is 0 Å². The lowest BCUT2D eigenvalue weighted by Crippen LogP contribution is -2.33. The Morgan fingerprint density at radius 1 is 1.16 bits per heavy atom. The van der Waals surface area contributed by atoms with Gasteiger partial charge in [-0.25, -0.2) is 8.78 Å². The molecule has 0 spiro atoms. The molecule has 0 bridgehead atoms. The summed E-state index contributed by atoms with van der Waals surface area (Å²) in [6, 6.07) is 4.28.